The molecule has 2 aromatic rings. The first kappa shape index (κ1) is 14.1. The van der Waals surface area contributed by atoms with Gasteiger partial charge >= 0.3 is 5.97 Å². The third-order valence-electron chi connectivity index (χ3n) is 3.19. The fourth-order valence-electron chi connectivity index (χ4n) is 2.05. The maximum absolute atomic E-state index is 10.8. The van der Waals surface area contributed by atoms with E-state index >= 15 is 0 Å². The van der Waals surface area contributed by atoms with Crippen molar-refractivity contribution in [3.8, 4) is 0 Å². The number of carbonyl (C=O) groups is 1. The summed E-state index contributed by atoms with van der Waals surface area (Å²) in [6.45, 7) is 2.86. The number of benzene rings is 2. The van der Waals surface area contributed by atoms with Crippen molar-refractivity contribution in [2.45, 2.75) is 26.3 Å². The van der Waals surface area contributed by atoms with E-state index in [1.807, 2.05) is 12.1 Å². The summed E-state index contributed by atoms with van der Waals surface area (Å²) in [5.74, 6) is -0.893. The highest BCUT2D eigenvalue weighted by atomic mass is 16.4. The SMILES string of the molecule is CCCc1ccc(NCc2ccc(C(=O)O)cc2)cc1. The van der Waals surface area contributed by atoms with Gasteiger partial charge in [-0.25, -0.2) is 4.79 Å². The van der Waals surface area contributed by atoms with E-state index in [2.05, 4.69) is 36.5 Å². The van der Waals surface area contributed by atoms with Gasteiger partial charge in [-0.1, -0.05) is 37.6 Å². The Labute approximate surface area is 119 Å². The minimum absolute atomic E-state index is 0.317. The second-order valence-corrected chi connectivity index (χ2v) is 4.80. The van der Waals surface area contributed by atoms with Gasteiger partial charge in [0.25, 0.3) is 0 Å². The van der Waals surface area contributed by atoms with Crippen molar-refractivity contribution in [1.82, 2.24) is 0 Å². The van der Waals surface area contributed by atoms with Crippen molar-refractivity contribution in [2.24, 2.45) is 0 Å². The van der Waals surface area contributed by atoms with Gasteiger partial charge in [0.1, 0.15) is 0 Å². The fourth-order valence-corrected chi connectivity index (χ4v) is 2.05. The lowest BCUT2D eigenvalue weighted by Crippen LogP contribution is -2.01. The Balaban J connectivity index is 1.92. The highest BCUT2D eigenvalue weighted by Gasteiger charge is 2.01. The van der Waals surface area contributed by atoms with E-state index in [9.17, 15) is 4.79 Å². The second-order valence-electron chi connectivity index (χ2n) is 4.80. The largest absolute Gasteiger partial charge is 0.478 e. The molecule has 2 aromatic carbocycles. The molecular weight excluding hydrogens is 250 g/mol. The van der Waals surface area contributed by atoms with Gasteiger partial charge in [0.2, 0.25) is 0 Å². The molecule has 0 saturated carbocycles. The molecule has 0 radical (unpaired) electrons. The Morgan fingerprint density at radius 2 is 1.60 bits per heavy atom. The van der Waals surface area contributed by atoms with E-state index in [4.69, 9.17) is 5.11 Å². The molecule has 3 heteroatoms. The quantitative estimate of drug-likeness (QED) is 0.834. The predicted octanol–water partition coefficient (Wildman–Crippen LogP) is 3.95. The van der Waals surface area contributed by atoms with Crippen LogP contribution >= 0.6 is 0 Å². The lowest BCUT2D eigenvalue weighted by molar-refractivity contribution is 0.0697. The van der Waals surface area contributed by atoms with Crippen molar-refractivity contribution in [2.75, 3.05) is 5.32 Å². The van der Waals surface area contributed by atoms with Crippen molar-refractivity contribution in [3.63, 3.8) is 0 Å². The fraction of sp³-hybridized carbons (Fsp3) is 0.235. The van der Waals surface area contributed by atoms with Crippen LogP contribution in [0, 0.1) is 0 Å². The number of anilines is 1. The summed E-state index contributed by atoms with van der Waals surface area (Å²) >= 11 is 0. The minimum Gasteiger partial charge on any atom is -0.478 e. The summed E-state index contributed by atoms with van der Waals surface area (Å²) in [6, 6.07) is 15.4. The van der Waals surface area contributed by atoms with Crippen LogP contribution < -0.4 is 5.32 Å². The average Bonchev–Trinajstić information content (AvgIpc) is 2.47. The summed E-state index contributed by atoms with van der Waals surface area (Å²) < 4.78 is 0. The molecule has 0 aliphatic heterocycles. The zero-order valence-electron chi connectivity index (χ0n) is 11.6. The van der Waals surface area contributed by atoms with Crippen LogP contribution in [0.15, 0.2) is 48.5 Å². The normalized spacial score (nSPS) is 10.2. The van der Waals surface area contributed by atoms with Crippen LogP contribution in [0.2, 0.25) is 0 Å². The van der Waals surface area contributed by atoms with Crippen LogP contribution in [0.1, 0.15) is 34.8 Å². The molecule has 0 aliphatic carbocycles. The number of aryl methyl sites for hydroxylation is 1. The van der Waals surface area contributed by atoms with E-state index < -0.39 is 5.97 Å². The zero-order valence-corrected chi connectivity index (χ0v) is 11.6. The number of carboxylic acids is 1. The summed E-state index contributed by atoms with van der Waals surface area (Å²) in [5.41, 5.74) is 3.81. The molecule has 104 valence electrons. The molecule has 0 atom stereocenters. The molecule has 3 nitrogen and oxygen atoms in total. The summed E-state index contributed by atoms with van der Waals surface area (Å²) in [6.07, 6.45) is 2.26. The first-order valence-corrected chi connectivity index (χ1v) is 6.84. The number of carboxylic acid groups (broad SMARTS) is 1. The van der Waals surface area contributed by atoms with Crippen molar-refractivity contribution < 1.29 is 9.90 Å². The van der Waals surface area contributed by atoms with Crippen LogP contribution in [0.3, 0.4) is 0 Å². The van der Waals surface area contributed by atoms with Crippen LogP contribution in [-0.4, -0.2) is 11.1 Å². The molecule has 2 rings (SSSR count). The Morgan fingerprint density at radius 1 is 1.00 bits per heavy atom. The number of aromatic carboxylic acids is 1. The Kier molecular flexibility index (Phi) is 4.77. The van der Waals surface area contributed by atoms with Crippen molar-refractivity contribution >= 4 is 11.7 Å². The second kappa shape index (κ2) is 6.75. The molecule has 0 saturated heterocycles. The number of hydrogen-bond donors (Lipinski definition) is 2. The molecule has 0 amide bonds. The summed E-state index contributed by atoms with van der Waals surface area (Å²) in [4.78, 5) is 10.8. The van der Waals surface area contributed by atoms with E-state index in [1.165, 1.54) is 5.56 Å². The van der Waals surface area contributed by atoms with Crippen molar-refractivity contribution in [3.05, 3.63) is 65.2 Å². The standard InChI is InChI=1S/C17H19NO2/c1-2-3-13-6-10-16(11-7-13)18-12-14-4-8-15(9-5-14)17(19)20/h4-11,18H,2-3,12H2,1H3,(H,19,20). The maximum Gasteiger partial charge on any atom is 0.335 e. The first-order valence-electron chi connectivity index (χ1n) is 6.84. The van der Waals surface area contributed by atoms with E-state index in [-0.39, 0.29) is 0 Å². The first-order chi connectivity index (χ1) is 9.69. The van der Waals surface area contributed by atoms with Crippen LogP contribution in [0.4, 0.5) is 5.69 Å². The Morgan fingerprint density at radius 3 is 2.15 bits per heavy atom. The van der Waals surface area contributed by atoms with Gasteiger partial charge in [-0.3, -0.25) is 0 Å². The minimum atomic E-state index is -0.893. The van der Waals surface area contributed by atoms with Gasteiger partial charge in [-0.05, 0) is 41.8 Å². The predicted molar refractivity (Wildman–Crippen MR) is 81.2 cm³/mol. The Bertz CT molecular complexity index is 559. The van der Waals surface area contributed by atoms with E-state index in [1.54, 1.807) is 12.1 Å². The monoisotopic (exact) mass is 269 g/mol. The van der Waals surface area contributed by atoms with Gasteiger partial charge in [-0.2, -0.15) is 0 Å². The van der Waals surface area contributed by atoms with Crippen LogP contribution in [-0.2, 0) is 13.0 Å². The van der Waals surface area contributed by atoms with Crippen LogP contribution in [0.5, 0.6) is 0 Å². The highest BCUT2D eigenvalue weighted by Crippen LogP contribution is 2.13. The lowest BCUT2D eigenvalue weighted by Gasteiger charge is -2.08. The molecule has 0 aromatic heterocycles. The summed E-state index contributed by atoms with van der Waals surface area (Å²) in [7, 11) is 0. The number of rotatable bonds is 6. The Hall–Kier alpha value is -2.29. The maximum atomic E-state index is 10.8. The van der Waals surface area contributed by atoms with E-state index in [0.29, 0.717) is 12.1 Å². The zero-order chi connectivity index (χ0) is 14.4. The topological polar surface area (TPSA) is 49.3 Å². The molecule has 0 bridgehead atoms. The van der Waals surface area contributed by atoms with Gasteiger partial charge in [-0.15, -0.1) is 0 Å². The molecular formula is C17H19NO2. The third kappa shape index (κ3) is 3.85. The third-order valence-corrected chi connectivity index (χ3v) is 3.19. The van der Waals surface area contributed by atoms with Crippen molar-refractivity contribution in [1.29, 1.82) is 0 Å². The number of hydrogen-bond acceptors (Lipinski definition) is 2. The molecule has 0 spiro atoms. The molecule has 0 fully saturated rings. The molecule has 0 aliphatic rings. The van der Waals surface area contributed by atoms with Crippen LogP contribution in [0.25, 0.3) is 0 Å². The van der Waals surface area contributed by atoms with Gasteiger partial charge < -0.3 is 10.4 Å². The smallest absolute Gasteiger partial charge is 0.335 e. The lowest BCUT2D eigenvalue weighted by atomic mass is 10.1. The highest BCUT2D eigenvalue weighted by molar-refractivity contribution is 5.87. The molecule has 2 N–H and O–H groups in total. The van der Waals surface area contributed by atoms with Gasteiger partial charge in [0, 0.05) is 12.2 Å². The van der Waals surface area contributed by atoms with Gasteiger partial charge in [0.15, 0.2) is 0 Å². The van der Waals surface area contributed by atoms with E-state index in [0.717, 1.165) is 24.1 Å². The molecule has 20 heavy (non-hydrogen) atoms. The van der Waals surface area contributed by atoms with Gasteiger partial charge in [0.05, 0.1) is 5.56 Å². The molecule has 0 unspecified atom stereocenters. The average molecular weight is 269 g/mol. The number of nitrogens with one attached hydrogen (secondary N) is 1. The summed E-state index contributed by atoms with van der Waals surface area (Å²) in [5, 5.41) is 12.2. The molecule has 0 heterocycles.